The van der Waals surface area contributed by atoms with Gasteiger partial charge in [0.05, 0.1) is 12.9 Å². The molecule has 0 radical (unpaired) electrons. The van der Waals surface area contributed by atoms with Gasteiger partial charge in [-0.05, 0) is 20.8 Å². The molecule has 1 aliphatic heterocycles. The molecule has 1 aliphatic rings. The van der Waals surface area contributed by atoms with Gasteiger partial charge in [0, 0.05) is 43.0 Å². The van der Waals surface area contributed by atoms with Crippen molar-refractivity contribution in [1.82, 2.24) is 19.8 Å². The summed E-state index contributed by atoms with van der Waals surface area (Å²) >= 11 is 0. The highest BCUT2D eigenvalue weighted by Gasteiger charge is 2.53. The third kappa shape index (κ3) is 2.67. The van der Waals surface area contributed by atoms with Gasteiger partial charge in [-0.15, -0.1) is 0 Å². The molecule has 0 unspecified atom stereocenters. The second kappa shape index (κ2) is 5.46. The number of hydrogen-bond donors (Lipinski definition) is 1. The van der Waals surface area contributed by atoms with Crippen molar-refractivity contribution in [3.63, 3.8) is 0 Å². The van der Waals surface area contributed by atoms with Crippen LogP contribution in [0.4, 0.5) is 0 Å². The van der Waals surface area contributed by atoms with Gasteiger partial charge in [-0.1, -0.05) is 13.8 Å². The van der Waals surface area contributed by atoms with E-state index in [0.717, 1.165) is 32.1 Å². The van der Waals surface area contributed by atoms with Gasteiger partial charge in [0.1, 0.15) is 0 Å². The maximum absolute atomic E-state index is 4.75. The van der Waals surface area contributed by atoms with Gasteiger partial charge in [-0.3, -0.25) is 4.99 Å². The molecular weight excluding hydrogens is 250 g/mol. The van der Waals surface area contributed by atoms with Gasteiger partial charge in [0.15, 0.2) is 5.96 Å². The molecular formula is C15H27N5. The third-order valence-corrected chi connectivity index (χ3v) is 4.65. The van der Waals surface area contributed by atoms with Crippen LogP contribution in [0.5, 0.6) is 0 Å². The Morgan fingerprint density at radius 1 is 1.35 bits per heavy atom. The topological polar surface area (TPSA) is 45.5 Å². The number of aliphatic imine (C=N–C) groups is 1. The van der Waals surface area contributed by atoms with Crippen LogP contribution in [0.3, 0.4) is 0 Å². The lowest BCUT2D eigenvalue weighted by atomic mass is 9.65. The summed E-state index contributed by atoms with van der Waals surface area (Å²) in [6, 6.07) is 0. The third-order valence-electron chi connectivity index (χ3n) is 4.65. The standard InChI is InChI=1S/C15H27N5/c1-6-17-13(18-8-10-19-9-7-16-12-19)20-11-14(2,3)15(20,4)5/h7,9,12H,6,8,10-11H2,1-5H3,(H,17,18). The molecule has 1 N–H and O–H groups in total. The van der Waals surface area contributed by atoms with E-state index in [0.29, 0.717) is 5.41 Å². The number of rotatable bonds is 4. The number of imidazole rings is 1. The first-order valence-corrected chi connectivity index (χ1v) is 7.40. The van der Waals surface area contributed by atoms with E-state index < -0.39 is 0 Å². The molecule has 20 heavy (non-hydrogen) atoms. The summed E-state index contributed by atoms with van der Waals surface area (Å²) < 4.78 is 2.05. The summed E-state index contributed by atoms with van der Waals surface area (Å²) in [6.07, 6.45) is 5.61. The molecule has 112 valence electrons. The molecule has 2 rings (SSSR count). The molecule has 0 aliphatic carbocycles. The van der Waals surface area contributed by atoms with Gasteiger partial charge in [-0.2, -0.15) is 0 Å². The smallest absolute Gasteiger partial charge is 0.194 e. The Hall–Kier alpha value is -1.52. The van der Waals surface area contributed by atoms with Gasteiger partial charge < -0.3 is 14.8 Å². The maximum Gasteiger partial charge on any atom is 0.194 e. The monoisotopic (exact) mass is 277 g/mol. The average Bonchev–Trinajstić information content (AvgIpc) is 2.88. The second-order valence-corrected chi connectivity index (χ2v) is 6.57. The Bertz CT molecular complexity index is 459. The summed E-state index contributed by atoms with van der Waals surface area (Å²) in [7, 11) is 0. The normalized spacial score (nSPS) is 20.6. The molecule has 0 saturated carbocycles. The minimum absolute atomic E-state index is 0.142. The number of nitrogens with one attached hydrogen (secondary N) is 1. The quantitative estimate of drug-likeness (QED) is 0.676. The molecule has 0 atom stereocenters. The molecule has 0 spiro atoms. The van der Waals surface area contributed by atoms with Crippen LogP contribution in [0.2, 0.25) is 0 Å². The fraction of sp³-hybridized carbons (Fsp3) is 0.733. The zero-order valence-electron chi connectivity index (χ0n) is 13.3. The van der Waals surface area contributed by atoms with Crippen molar-refractivity contribution >= 4 is 5.96 Å². The molecule has 1 fully saturated rings. The van der Waals surface area contributed by atoms with Crippen LogP contribution in [0.15, 0.2) is 23.7 Å². The first-order chi connectivity index (χ1) is 9.38. The Balaban J connectivity index is 2.00. The predicted molar refractivity (Wildman–Crippen MR) is 82.8 cm³/mol. The van der Waals surface area contributed by atoms with E-state index in [1.54, 1.807) is 6.20 Å². The van der Waals surface area contributed by atoms with Crippen LogP contribution in [0, 0.1) is 5.41 Å². The minimum Gasteiger partial charge on any atom is -0.356 e. The first-order valence-electron chi connectivity index (χ1n) is 7.40. The van der Waals surface area contributed by atoms with Crippen molar-refractivity contribution in [2.24, 2.45) is 10.4 Å². The SMILES string of the molecule is CCNC(=NCCn1ccnc1)N1CC(C)(C)C1(C)C. The van der Waals surface area contributed by atoms with Crippen molar-refractivity contribution in [2.45, 2.75) is 46.7 Å². The van der Waals surface area contributed by atoms with Crippen molar-refractivity contribution in [3.8, 4) is 0 Å². The number of nitrogens with zero attached hydrogens (tertiary/aromatic N) is 4. The molecule has 5 heteroatoms. The lowest BCUT2D eigenvalue weighted by molar-refractivity contribution is -0.0667. The first kappa shape index (κ1) is 14.9. The van der Waals surface area contributed by atoms with Gasteiger partial charge in [-0.25, -0.2) is 4.98 Å². The molecule has 0 amide bonds. The van der Waals surface area contributed by atoms with Crippen LogP contribution in [-0.4, -0.2) is 45.6 Å². The highest BCUT2D eigenvalue weighted by molar-refractivity contribution is 5.82. The van der Waals surface area contributed by atoms with E-state index in [2.05, 4.69) is 54.4 Å². The van der Waals surface area contributed by atoms with E-state index >= 15 is 0 Å². The molecule has 2 heterocycles. The lowest BCUT2D eigenvalue weighted by Gasteiger charge is -2.62. The summed E-state index contributed by atoms with van der Waals surface area (Å²) in [6.45, 7) is 14.9. The molecule has 1 aromatic heterocycles. The predicted octanol–water partition coefficient (Wildman–Crippen LogP) is 1.97. The van der Waals surface area contributed by atoms with Gasteiger partial charge >= 0.3 is 0 Å². The number of aromatic nitrogens is 2. The van der Waals surface area contributed by atoms with E-state index in [9.17, 15) is 0 Å². The second-order valence-electron chi connectivity index (χ2n) is 6.57. The van der Waals surface area contributed by atoms with E-state index in [4.69, 9.17) is 4.99 Å². The number of hydrogen-bond acceptors (Lipinski definition) is 2. The summed E-state index contributed by atoms with van der Waals surface area (Å²) in [5.74, 6) is 1.02. The zero-order chi connectivity index (χ0) is 14.8. The molecule has 1 aromatic rings. The number of guanidine groups is 1. The maximum atomic E-state index is 4.75. The average molecular weight is 277 g/mol. The fourth-order valence-corrected chi connectivity index (χ4v) is 2.49. The Morgan fingerprint density at radius 2 is 2.10 bits per heavy atom. The highest BCUT2D eigenvalue weighted by Crippen LogP contribution is 2.46. The Labute approximate surface area is 122 Å². The Morgan fingerprint density at radius 3 is 2.60 bits per heavy atom. The van der Waals surface area contributed by atoms with Gasteiger partial charge in [0.25, 0.3) is 0 Å². The fourth-order valence-electron chi connectivity index (χ4n) is 2.49. The van der Waals surface area contributed by atoms with Crippen LogP contribution in [0.1, 0.15) is 34.6 Å². The summed E-state index contributed by atoms with van der Waals surface area (Å²) in [4.78, 5) is 11.2. The van der Waals surface area contributed by atoms with E-state index in [-0.39, 0.29) is 5.54 Å². The molecule has 5 nitrogen and oxygen atoms in total. The van der Waals surface area contributed by atoms with Gasteiger partial charge in [0.2, 0.25) is 0 Å². The molecule has 1 saturated heterocycles. The zero-order valence-corrected chi connectivity index (χ0v) is 13.3. The lowest BCUT2D eigenvalue weighted by Crippen LogP contribution is -2.72. The number of likely N-dealkylation sites (tertiary alicyclic amines) is 1. The van der Waals surface area contributed by atoms with Crippen LogP contribution < -0.4 is 5.32 Å². The Kier molecular flexibility index (Phi) is 4.06. The van der Waals surface area contributed by atoms with Crippen LogP contribution >= 0.6 is 0 Å². The highest BCUT2D eigenvalue weighted by atomic mass is 15.4. The van der Waals surface area contributed by atoms with Crippen LogP contribution in [-0.2, 0) is 6.54 Å². The van der Waals surface area contributed by atoms with Crippen molar-refractivity contribution in [1.29, 1.82) is 0 Å². The summed E-state index contributed by atoms with van der Waals surface area (Å²) in [5, 5.41) is 3.41. The van der Waals surface area contributed by atoms with E-state index in [1.165, 1.54) is 0 Å². The van der Waals surface area contributed by atoms with Crippen molar-refractivity contribution in [2.75, 3.05) is 19.6 Å². The summed E-state index contributed by atoms with van der Waals surface area (Å²) in [5.41, 5.74) is 0.469. The van der Waals surface area contributed by atoms with Crippen molar-refractivity contribution in [3.05, 3.63) is 18.7 Å². The van der Waals surface area contributed by atoms with Crippen LogP contribution in [0.25, 0.3) is 0 Å². The molecule has 0 aromatic carbocycles. The van der Waals surface area contributed by atoms with Crippen molar-refractivity contribution < 1.29 is 0 Å². The largest absolute Gasteiger partial charge is 0.356 e. The minimum atomic E-state index is 0.142. The molecule has 0 bridgehead atoms. The van der Waals surface area contributed by atoms with E-state index in [1.807, 2.05) is 12.5 Å².